The molecule has 144 valence electrons. The average molecular weight is 419 g/mol. The largest absolute Gasteiger partial charge is 0.348 e. The van der Waals surface area contributed by atoms with E-state index in [2.05, 4.69) is 10.0 Å². The molecule has 5 nitrogen and oxygen atoms in total. The number of carbonyl (C=O) groups is 1. The van der Waals surface area contributed by atoms with Crippen molar-refractivity contribution in [3.63, 3.8) is 0 Å². The van der Waals surface area contributed by atoms with E-state index in [9.17, 15) is 17.6 Å². The molecule has 0 atom stereocenters. The molecule has 3 rings (SSSR count). The third kappa shape index (κ3) is 4.88. The third-order valence-corrected chi connectivity index (χ3v) is 5.53. The van der Waals surface area contributed by atoms with Gasteiger partial charge in [0.2, 0.25) is 0 Å². The Labute approximate surface area is 167 Å². The Morgan fingerprint density at radius 1 is 0.964 bits per heavy atom. The smallest absolute Gasteiger partial charge is 0.261 e. The lowest BCUT2D eigenvalue weighted by Gasteiger charge is -2.10. The molecule has 0 bridgehead atoms. The lowest BCUT2D eigenvalue weighted by atomic mass is 10.2. The maximum Gasteiger partial charge on any atom is 0.261 e. The minimum Gasteiger partial charge on any atom is -0.348 e. The predicted octanol–water partition coefficient (Wildman–Crippen LogP) is 4.21. The Morgan fingerprint density at radius 2 is 1.68 bits per heavy atom. The predicted molar refractivity (Wildman–Crippen MR) is 106 cm³/mol. The van der Waals surface area contributed by atoms with Crippen LogP contribution in [-0.2, 0) is 16.6 Å². The van der Waals surface area contributed by atoms with Crippen LogP contribution in [-0.4, -0.2) is 14.3 Å². The first-order valence-electron chi connectivity index (χ1n) is 8.25. The van der Waals surface area contributed by atoms with Crippen molar-refractivity contribution in [3.05, 3.63) is 94.8 Å². The Bertz CT molecular complexity index is 1100. The van der Waals surface area contributed by atoms with Crippen molar-refractivity contribution in [3.8, 4) is 0 Å². The Kier molecular flexibility index (Phi) is 5.96. The topological polar surface area (TPSA) is 75.3 Å². The number of benzene rings is 3. The second kappa shape index (κ2) is 8.41. The molecule has 0 heterocycles. The second-order valence-corrected chi connectivity index (χ2v) is 8.03. The zero-order chi connectivity index (χ0) is 20.1. The normalized spacial score (nSPS) is 11.1. The molecule has 0 aliphatic carbocycles. The van der Waals surface area contributed by atoms with Gasteiger partial charge in [-0.15, -0.1) is 0 Å². The zero-order valence-corrected chi connectivity index (χ0v) is 16.1. The van der Waals surface area contributed by atoms with Gasteiger partial charge in [0.05, 0.1) is 4.90 Å². The molecule has 0 spiro atoms. The molecule has 28 heavy (non-hydrogen) atoms. The Balaban J connectivity index is 1.74. The van der Waals surface area contributed by atoms with Gasteiger partial charge in [0, 0.05) is 28.4 Å². The van der Waals surface area contributed by atoms with Crippen molar-refractivity contribution in [1.82, 2.24) is 5.32 Å². The fourth-order valence-corrected chi connectivity index (χ4v) is 3.69. The summed E-state index contributed by atoms with van der Waals surface area (Å²) in [5.74, 6) is -0.932. The average Bonchev–Trinajstić information content (AvgIpc) is 2.69. The minimum atomic E-state index is -3.89. The molecule has 2 N–H and O–H groups in total. The molecule has 0 unspecified atom stereocenters. The summed E-state index contributed by atoms with van der Waals surface area (Å²) in [6.07, 6.45) is 0. The van der Waals surface area contributed by atoms with E-state index in [-0.39, 0.29) is 17.0 Å². The summed E-state index contributed by atoms with van der Waals surface area (Å²) in [5.41, 5.74) is 0.832. The molecular formula is C20H16ClFN2O3S. The van der Waals surface area contributed by atoms with Gasteiger partial charge >= 0.3 is 0 Å². The standard InChI is InChI=1S/C20H16ClFN2O3S/c21-16-8-10-17(11-9-16)24-28(26,27)18-6-3-5-14(12-18)20(25)23-13-15-4-1-2-7-19(15)22/h1-12,24H,13H2,(H,23,25). The third-order valence-electron chi connectivity index (χ3n) is 3.90. The van der Waals surface area contributed by atoms with E-state index in [1.807, 2.05) is 0 Å². The van der Waals surface area contributed by atoms with Gasteiger partial charge < -0.3 is 5.32 Å². The number of hydrogen-bond acceptors (Lipinski definition) is 3. The van der Waals surface area contributed by atoms with Crippen LogP contribution in [0.2, 0.25) is 5.02 Å². The first kappa shape index (κ1) is 19.9. The monoisotopic (exact) mass is 418 g/mol. The van der Waals surface area contributed by atoms with Crippen LogP contribution in [0.5, 0.6) is 0 Å². The molecule has 0 aromatic heterocycles. The second-order valence-electron chi connectivity index (χ2n) is 5.91. The van der Waals surface area contributed by atoms with Crippen LogP contribution < -0.4 is 10.0 Å². The van der Waals surface area contributed by atoms with E-state index in [0.29, 0.717) is 16.3 Å². The molecule has 0 saturated carbocycles. The molecule has 0 fully saturated rings. The van der Waals surface area contributed by atoms with Crippen LogP contribution in [0.3, 0.4) is 0 Å². The van der Waals surface area contributed by atoms with Crippen molar-refractivity contribution in [2.24, 2.45) is 0 Å². The lowest BCUT2D eigenvalue weighted by Crippen LogP contribution is -2.23. The maximum absolute atomic E-state index is 13.6. The van der Waals surface area contributed by atoms with Gasteiger partial charge in [0.15, 0.2) is 0 Å². The van der Waals surface area contributed by atoms with Crippen LogP contribution in [0.1, 0.15) is 15.9 Å². The van der Waals surface area contributed by atoms with Crippen LogP contribution in [0, 0.1) is 5.82 Å². The summed E-state index contributed by atoms with van der Waals surface area (Å²) in [7, 11) is -3.89. The van der Waals surface area contributed by atoms with Gasteiger partial charge in [0.25, 0.3) is 15.9 Å². The van der Waals surface area contributed by atoms with Crippen molar-refractivity contribution < 1.29 is 17.6 Å². The van der Waals surface area contributed by atoms with Gasteiger partial charge in [0.1, 0.15) is 5.82 Å². The first-order valence-corrected chi connectivity index (χ1v) is 10.1. The summed E-state index contributed by atoms with van der Waals surface area (Å²) >= 11 is 5.79. The van der Waals surface area contributed by atoms with E-state index in [4.69, 9.17) is 11.6 Å². The van der Waals surface area contributed by atoms with E-state index in [1.165, 1.54) is 42.5 Å². The summed E-state index contributed by atoms with van der Waals surface area (Å²) in [6.45, 7) is -0.00842. The Hall–Kier alpha value is -2.90. The molecule has 1 amide bonds. The SMILES string of the molecule is O=C(NCc1ccccc1F)c1cccc(S(=O)(=O)Nc2ccc(Cl)cc2)c1. The highest BCUT2D eigenvalue weighted by atomic mass is 35.5. The molecule has 0 aliphatic rings. The van der Waals surface area contributed by atoms with Crippen molar-refractivity contribution in [2.75, 3.05) is 4.72 Å². The highest BCUT2D eigenvalue weighted by molar-refractivity contribution is 7.92. The fourth-order valence-electron chi connectivity index (χ4n) is 2.46. The van der Waals surface area contributed by atoms with Gasteiger partial charge in [-0.2, -0.15) is 0 Å². The van der Waals surface area contributed by atoms with Gasteiger partial charge in [-0.3, -0.25) is 9.52 Å². The number of halogens is 2. The Morgan fingerprint density at radius 3 is 2.39 bits per heavy atom. The fraction of sp³-hybridized carbons (Fsp3) is 0.0500. The molecule has 0 radical (unpaired) electrons. The molecule has 0 aliphatic heterocycles. The molecule has 8 heteroatoms. The lowest BCUT2D eigenvalue weighted by molar-refractivity contribution is 0.0950. The van der Waals surface area contributed by atoms with E-state index in [0.717, 1.165) is 0 Å². The number of amides is 1. The zero-order valence-electron chi connectivity index (χ0n) is 14.5. The summed E-state index contributed by atoms with van der Waals surface area (Å²) in [4.78, 5) is 12.3. The number of rotatable bonds is 6. The summed E-state index contributed by atoms with van der Waals surface area (Å²) in [6, 6.07) is 17.9. The van der Waals surface area contributed by atoms with Crippen LogP contribution in [0.15, 0.2) is 77.7 Å². The van der Waals surface area contributed by atoms with E-state index in [1.54, 1.807) is 30.3 Å². The first-order chi connectivity index (χ1) is 13.3. The molecule has 3 aromatic rings. The van der Waals surface area contributed by atoms with Gasteiger partial charge in [-0.1, -0.05) is 35.9 Å². The highest BCUT2D eigenvalue weighted by Crippen LogP contribution is 2.19. The van der Waals surface area contributed by atoms with Crippen molar-refractivity contribution >= 4 is 33.2 Å². The maximum atomic E-state index is 13.6. The van der Waals surface area contributed by atoms with Crippen LogP contribution >= 0.6 is 11.6 Å². The molecule has 3 aromatic carbocycles. The van der Waals surface area contributed by atoms with Crippen LogP contribution in [0.25, 0.3) is 0 Å². The molecular weight excluding hydrogens is 403 g/mol. The number of sulfonamides is 1. The van der Waals surface area contributed by atoms with Crippen LogP contribution in [0.4, 0.5) is 10.1 Å². The quantitative estimate of drug-likeness (QED) is 0.629. The van der Waals surface area contributed by atoms with E-state index >= 15 is 0 Å². The number of carbonyl (C=O) groups excluding carboxylic acids is 1. The van der Waals surface area contributed by atoms with E-state index < -0.39 is 21.7 Å². The molecule has 0 saturated heterocycles. The van der Waals surface area contributed by atoms with Gasteiger partial charge in [-0.25, -0.2) is 12.8 Å². The number of nitrogens with one attached hydrogen (secondary N) is 2. The van der Waals surface area contributed by atoms with Gasteiger partial charge in [-0.05, 0) is 48.5 Å². The highest BCUT2D eigenvalue weighted by Gasteiger charge is 2.17. The minimum absolute atomic E-state index is 0.00842. The number of hydrogen-bond donors (Lipinski definition) is 2. The summed E-state index contributed by atoms with van der Waals surface area (Å²) < 4.78 is 41.2. The number of anilines is 1. The summed E-state index contributed by atoms with van der Waals surface area (Å²) in [5, 5.41) is 3.06. The van der Waals surface area contributed by atoms with Crippen molar-refractivity contribution in [1.29, 1.82) is 0 Å². The van der Waals surface area contributed by atoms with Crippen molar-refractivity contribution in [2.45, 2.75) is 11.4 Å².